The van der Waals surface area contributed by atoms with Crippen molar-refractivity contribution in [1.82, 2.24) is 0 Å². The number of aryl methyl sites for hydroxylation is 1. The quantitative estimate of drug-likeness (QED) is 0.798. The molecule has 2 aliphatic rings. The number of methoxy groups -OCH3 is 1. The maximum Gasteiger partial charge on any atom is 0.247 e. The highest BCUT2D eigenvalue weighted by Gasteiger charge is 2.41. The van der Waals surface area contributed by atoms with Crippen molar-refractivity contribution in [2.45, 2.75) is 25.5 Å². The van der Waals surface area contributed by atoms with Gasteiger partial charge in [0.25, 0.3) is 0 Å². The van der Waals surface area contributed by atoms with E-state index in [1.807, 2.05) is 12.1 Å². The second kappa shape index (κ2) is 3.74. The van der Waals surface area contributed by atoms with E-state index in [1.54, 1.807) is 7.11 Å². The molecule has 1 aromatic carbocycles. The third-order valence-corrected chi connectivity index (χ3v) is 3.68. The molecule has 3 rings (SSSR count). The maximum atomic E-state index is 12.0. The third-order valence-electron chi connectivity index (χ3n) is 3.68. The van der Waals surface area contributed by atoms with Crippen molar-refractivity contribution in [2.24, 2.45) is 0 Å². The first-order valence-corrected chi connectivity index (χ1v) is 5.90. The van der Waals surface area contributed by atoms with Crippen molar-refractivity contribution in [1.29, 1.82) is 0 Å². The summed E-state index contributed by atoms with van der Waals surface area (Å²) in [7, 11) is 1.71. The van der Waals surface area contributed by atoms with Gasteiger partial charge in [-0.1, -0.05) is 12.1 Å². The minimum Gasteiger partial charge on any atom is -0.380 e. The fourth-order valence-corrected chi connectivity index (χ4v) is 2.82. The Kier molecular flexibility index (Phi) is 2.33. The fourth-order valence-electron chi connectivity index (χ4n) is 2.82. The van der Waals surface area contributed by atoms with Gasteiger partial charge in [0.1, 0.15) is 6.04 Å². The Hall–Kier alpha value is -1.55. The number of anilines is 2. The largest absolute Gasteiger partial charge is 0.380 e. The topological polar surface area (TPSA) is 41.6 Å². The van der Waals surface area contributed by atoms with Gasteiger partial charge in [-0.3, -0.25) is 4.79 Å². The summed E-state index contributed by atoms with van der Waals surface area (Å²) in [4.78, 5) is 14.2. The number of rotatable bonds is 1. The Morgan fingerprint density at radius 2 is 2.29 bits per heavy atom. The van der Waals surface area contributed by atoms with Gasteiger partial charge in [0.15, 0.2) is 0 Å². The van der Waals surface area contributed by atoms with Crippen LogP contribution in [-0.4, -0.2) is 31.7 Å². The number of nitrogens with one attached hydrogen (secondary N) is 1. The van der Waals surface area contributed by atoms with Gasteiger partial charge < -0.3 is 15.0 Å². The van der Waals surface area contributed by atoms with Crippen molar-refractivity contribution in [3.8, 4) is 0 Å². The van der Waals surface area contributed by atoms with Gasteiger partial charge in [-0.25, -0.2) is 0 Å². The van der Waals surface area contributed by atoms with Crippen LogP contribution < -0.4 is 10.2 Å². The molecule has 1 amide bonds. The number of fused-ring (bicyclic) bond motifs is 3. The average Bonchev–Trinajstić information content (AvgIpc) is 2.73. The summed E-state index contributed by atoms with van der Waals surface area (Å²) in [5, 5.41) is 2.98. The predicted octanol–water partition coefficient (Wildman–Crippen LogP) is 1.54. The lowest BCUT2D eigenvalue weighted by molar-refractivity contribution is -0.117. The molecule has 0 bridgehead atoms. The number of para-hydroxylation sites is 1. The van der Waals surface area contributed by atoms with Crippen molar-refractivity contribution in [3.05, 3.63) is 23.8 Å². The van der Waals surface area contributed by atoms with Crippen molar-refractivity contribution in [3.63, 3.8) is 0 Å². The zero-order chi connectivity index (χ0) is 12.0. The first-order valence-electron chi connectivity index (χ1n) is 5.90. The van der Waals surface area contributed by atoms with E-state index in [1.165, 1.54) is 5.56 Å². The van der Waals surface area contributed by atoms with E-state index >= 15 is 0 Å². The molecule has 0 aliphatic carbocycles. The molecule has 1 saturated heterocycles. The zero-order valence-electron chi connectivity index (χ0n) is 10.1. The van der Waals surface area contributed by atoms with Gasteiger partial charge >= 0.3 is 0 Å². The lowest BCUT2D eigenvalue weighted by Crippen LogP contribution is -2.44. The molecule has 90 valence electrons. The molecular weight excluding hydrogens is 216 g/mol. The normalized spacial score (nSPS) is 26.5. The van der Waals surface area contributed by atoms with Crippen molar-refractivity contribution >= 4 is 17.3 Å². The molecule has 1 N–H and O–H groups in total. The summed E-state index contributed by atoms with van der Waals surface area (Å²) in [6.07, 6.45) is 0.923. The van der Waals surface area contributed by atoms with Crippen LogP contribution >= 0.6 is 0 Å². The lowest BCUT2D eigenvalue weighted by Gasteiger charge is -2.33. The second-order valence-corrected chi connectivity index (χ2v) is 4.72. The molecular formula is C13H16N2O2. The number of hydrogen-bond acceptors (Lipinski definition) is 3. The van der Waals surface area contributed by atoms with Gasteiger partial charge in [-0.05, 0) is 18.6 Å². The van der Waals surface area contributed by atoms with Gasteiger partial charge in [0, 0.05) is 20.1 Å². The number of nitrogens with zero attached hydrogens (tertiary/aromatic N) is 1. The number of amides is 1. The highest BCUT2D eigenvalue weighted by Crippen LogP contribution is 2.39. The summed E-state index contributed by atoms with van der Waals surface area (Å²) < 4.78 is 5.38. The lowest BCUT2D eigenvalue weighted by atomic mass is 10.1. The number of benzene rings is 1. The molecule has 0 radical (unpaired) electrons. The van der Waals surface area contributed by atoms with E-state index in [0.717, 1.165) is 24.3 Å². The van der Waals surface area contributed by atoms with E-state index < -0.39 is 0 Å². The van der Waals surface area contributed by atoms with Gasteiger partial charge in [-0.2, -0.15) is 0 Å². The monoisotopic (exact) mass is 232 g/mol. The summed E-state index contributed by atoms with van der Waals surface area (Å²) in [5.74, 6) is 0.0858. The van der Waals surface area contributed by atoms with Gasteiger partial charge in [0.05, 0.1) is 17.5 Å². The maximum absolute atomic E-state index is 12.0. The van der Waals surface area contributed by atoms with E-state index in [2.05, 4.69) is 23.2 Å². The first-order chi connectivity index (χ1) is 8.20. The Bertz CT molecular complexity index is 472. The molecule has 4 heteroatoms. The van der Waals surface area contributed by atoms with Crippen LogP contribution in [0.1, 0.15) is 12.0 Å². The molecule has 4 nitrogen and oxygen atoms in total. The van der Waals surface area contributed by atoms with Gasteiger partial charge in [0.2, 0.25) is 5.91 Å². The van der Waals surface area contributed by atoms with Crippen molar-refractivity contribution in [2.75, 3.05) is 23.9 Å². The molecule has 0 saturated carbocycles. The summed E-state index contributed by atoms with van der Waals surface area (Å²) in [5.41, 5.74) is 3.27. The fraction of sp³-hybridized carbons (Fsp3) is 0.462. The van der Waals surface area contributed by atoms with Crippen LogP contribution in [0.5, 0.6) is 0 Å². The third kappa shape index (κ3) is 1.52. The number of carbonyl (C=O) groups excluding carboxylic acids is 1. The predicted molar refractivity (Wildman–Crippen MR) is 66.4 cm³/mol. The van der Waals surface area contributed by atoms with Crippen LogP contribution in [0.4, 0.5) is 11.4 Å². The average molecular weight is 232 g/mol. The minimum atomic E-state index is -0.0754. The summed E-state index contributed by atoms with van der Waals surface area (Å²) >= 11 is 0. The number of carbonyl (C=O) groups is 1. The van der Waals surface area contributed by atoms with Crippen LogP contribution in [-0.2, 0) is 9.53 Å². The molecule has 2 aliphatic heterocycles. The minimum absolute atomic E-state index is 0.0754. The molecule has 2 unspecified atom stereocenters. The Labute approximate surface area is 101 Å². The summed E-state index contributed by atoms with van der Waals surface area (Å²) in [6.45, 7) is 2.87. The molecule has 2 atom stereocenters. The Morgan fingerprint density at radius 1 is 1.47 bits per heavy atom. The molecule has 17 heavy (non-hydrogen) atoms. The first kappa shape index (κ1) is 10.6. The van der Waals surface area contributed by atoms with Crippen LogP contribution in [0.2, 0.25) is 0 Å². The molecule has 1 aromatic rings. The van der Waals surface area contributed by atoms with E-state index in [-0.39, 0.29) is 18.1 Å². The van der Waals surface area contributed by atoms with E-state index in [0.29, 0.717) is 0 Å². The Morgan fingerprint density at radius 3 is 3.06 bits per heavy atom. The van der Waals surface area contributed by atoms with Crippen LogP contribution in [0.3, 0.4) is 0 Å². The van der Waals surface area contributed by atoms with Crippen LogP contribution in [0.25, 0.3) is 0 Å². The van der Waals surface area contributed by atoms with Crippen LogP contribution in [0.15, 0.2) is 18.2 Å². The number of hydrogen-bond donors (Lipinski definition) is 1. The second-order valence-electron chi connectivity index (χ2n) is 4.72. The van der Waals surface area contributed by atoms with E-state index in [9.17, 15) is 4.79 Å². The highest BCUT2D eigenvalue weighted by atomic mass is 16.5. The Balaban J connectivity index is 2.06. The van der Waals surface area contributed by atoms with Crippen LogP contribution in [0, 0.1) is 6.92 Å². The molecule has 1 fully saturated rings. The molecule has 2 heterocycles. The molecule has 0 spiro atoms. The van der Waals surface area contributed by atoms with Crippen molar-refractivity contribution < 1.29 is 9.53 Å². The summed E-state index contributed by atoms with van der Waals surface area (Å²) in [6, 6.07) is 5.93. The highest BCUT2D eigenvalue weighted by molar-refractivity contribution is 6.04. The SMILES string of the molecule is COC1CC2C(=O)Nc3cccc(C)c3N2C1. The zero-order valence-corrected chi connectivity index (χ0v) is 10.1. The standard InChI is InChI=1S/C13H16N2O2/c1-8-4-3-5-10-12(8)15-7-9(17-2)6-11(15)13(16)14-10/h3-5,9,11H,6-7H2,1-2H3,(H,14,16). The van der Waals surface area contributed by atoms with Gasteiger partial charge in [-0.15, -0.1) is 0 Å². The molecule has 0 aromatic heterocycles. The number of ether oxygens (including phenoxy) is 1. The smallest absolute Gasteiger partial charge is 0.247 e. The van der Waals surface area contributed by atoms with E-state index in [4.69, 9.17) is 4.74 Å².